The average molecular weight is 348 g/mol. The van der Waals surface area contributed by atoms with Crippen LogP contribution in [-0.2, 0) is 13.2 Å². The molecule has 0 aliphatic heterocycles. The summed E-state index contributed by atoms with van der Waals surface area (Å²) in [6, 6.07) is 13.5. The molecule has 124 valence electrons. The zero-order chi connectivity index (χ0) is 17.1. The normalized spacial score (nSPS) is 11.2. The lowest BCUT2D eigenvalue weighted by atomic mass is 10.2. The summed E-state index contributed by atoms with van der Waals surface area (Å²) in [5.74, 6) is -0.380. The Labute approximate surface area is 142 Å². The first-order valence-electron chi connectivity index (χ1n) is 7.26. The Hall–Kier alpha value is -2.51. The number of halogens is 2. The fraction of sp³-hybridized carbons (Fsp3) is 0.188. The number of para-hydroxylation sites is 1. The van der Waals surface area contributed by atoms with Gasteiger partial charge in [0.05, 0.1) is 5.69 Å². The van der Waals surface area contributed by atoms with Crippen molar-refractivity contribution >= 4 is 11.6 Å². The maximum Gasteiger partial charge on any atom is 0.369 e. The van der Waals surface area contributed by atoms with E-state index in [-0.39, 0.29) is 24.7 Å². The summed E-state index contributed by atoms with van der Waals surface area (Å²) in [5.41, 5.74) is 0.645. The van der Waals surface area contributed by atoms with E-state index < -0.39 is 0 Å². The fourth-order valence-corrected chi connectivity index (χ4v) is 2.55. The van der Waals surface area contributed by atoms with Gasteiger partial charge >= 0.3 is 5.69 Å². The molecule has 0 aliphatic carbocycles. The molecule has 0 spiro atoms. The van der Waals surface area contributed by atoms with E-state index in [0.29, 0.717) is 16.3 Å². The van der Waals surface area contributed by atoms with Gasteiger partial charge in [-0.25, -0.2) is 9.18 Å². The zero-order valence-electron chi connectivity index (χ0n) is 12.9. The van der Waals surface area contributed by atoms with Gasteiger partial charge in [-0.3, -0.25) is 4.90 Å². The minimum Gasteiger partial charge on any atom is -0.283 e. The van der Waals surface area contributed by atoms with E-state index in [0.717, 1.165) is 0 Å². The number of hydrogen-bond acceptors (Lipinski definition) is 4. The van der Waals surface area contributed by atoms with Crippen molar-refractivity contribution in [2.24, 2.45) is 0 Å². The molecule has 1 heterocycles. The van der Waals surface area contributed by atoms with Gasteiger partial charge in [-0.15, -0.1) is 0 Å². The number of benzene rings is 2. The molecule has 0 atom stereocenters. The Balaban J connectivity index is 1.77. The lowest BCUT2D eigenvalue weighted by Gasteiger charge is -2.16. The van der Waals surface area contributed by atoms with Crippen LogP contribution >= 0.6 is 11.6 Å². The summed E-state index contributed by atoms with van der Waals surface area (Å²) < 4.78 is 16.3. The van der Waals surface area contributed by atoms with Crippen LogP contribution in [0.3, 0.4) is 0 Å². The zero-order valence-corrected chi connectivity index (χ0v) is 13.7. The quantitative estimate of drug-likeness (QED) is 0.710. The second-order valence-electron chi connectivity index (χ2n) is 5.36. The van der Waals surface area contributed by atoms with Gasteiger partial charge in [0.15, 0.2) is 0 Å². The van der Waals surface area contributed by atoms with Crippen molar-refractivity contribution in [3.63, 3.8) is 0 Å². The molecule has 0 N–H and O–H groups in total. The molecule has 0 unspecified atom stereocenters. The molecule has 0 saturated heterocycles. The SMILES string of the molecule is CN(Cc1c(F)cccc1Cl)Cn1nnn(-c2ccccc2)c1=O. The Morgan fingerprint density at radius 3 is 2.58 bits per heavy atom. The van der Waals surface area contributed by atoms with Crippen molar-refractivity contribution < 1.29 is 4.39 Å². The van der Waals surface area contributed by atoms with E-state index >= 15 is 0 Å². The Morgan fingerprint density at radius 1 is 1.12 bits per heavy atom. The maximum atomic E-state index is 13.8. The van der Waals surface area contributed by atoms with Crippen molar-refractivity contribution in [3.05, 3.63) is 75.4 Å². The molecule has 24 heavy (non-hydrogen) atoms. The number of aromatic nitrogens is 4. The van der Waals surface area contributed by atoms with Crippen molar-refractivity contribution in [2.45, 2.75) is 13.2 Å². The molecule has 0 aliphatic rings. The smallest absolute Gasteiger partial charge is 0.283 e. The van der Waals surface area contributed by atoms with Gasteiger partial charge in [0.2, 0.25) is 0 Å². The molecule has 8 heteroatoms. The highest BCUT2D eigenvalue weighted by Crippen LogP contribution is 2.20. The largest absolute Gasteiger partial charge is 0.369 e. The summed E-state index contributed by atoms with van der Waals surface area (Å²) >= 11 is 6.02. The van der Waals surface area contributed by atoms with Gasteiger partial charge in [0.25, 0.3) is 0 Å². The fourth-order valence-electron chi connectivity index (χ4n) is 2.33. The molecular weight excluding hydrogens is 333 g/mol. The van der Waals surface area contributed by atoms with Crippen LogP contribution < -0.4 is 5.69 Å². The molecule has 0 saturated carbocycles. The Kier molecular flexibility index (Phi) is 4.73. The van der Waals surface area contributed by atoms with Crippen LogP contribution in [-0.4, -0.2) is 31.7 Å². The summed E-state index contributed by atoms with van der Waals surface area (Å²) in [5, 5.41) is 8.09. The number of hydrogen-bond donors (Lipinski definition) is 0. The first-order valence-corrected chi connectivity index (χ1v) is 7.64. The lowest BCUT2D eigenvalue weighted by Crippen LogP contribution is -2.31. The van der Waals surface area contributed by atoms with Crippen molar-refractivity contribution in [1.29, 1.82) is 0 Å². The van der Waals surface area contributed by atoms with E-state index in [1.54, 1.807) is 36.2 Å². The number of tetrazole rings is 1. The third kappa shape index (κ3) is 3.37. The molecule has 6 nitrogen and oxygen atoms in total. The standard InChI is InChI=1S/C16H15ClFN5O/c1-21(10-13-14(17)8-5-9-15(13)18)11-22-16(24)23(20-19-22)12-6-3-2-4-7-12/h2-9H,10-11H2,1H3. The average Bonchev–Trinajstić information content (AvgIpc) is 2.93. The predicted molar refractivity (Wildman–Crippen MR) is 88.5 cm³/mol. The predicted octanol–water partition coefficient (Wildman–Crippen LogP) is 2.31. The molecule has 0 amide bonds. The lowest BCUT2D eigenvalue weighted by molar-refractivity contribution is 0.237. The first kappa shape index (κ1) is 16.4. The van der Waals surface area contributed by atoms with Gasteiger partial charge in [-0.2, -0.15) is 9.36 Å². The molecule has 0 radical (unpaired) electrons. The topological polar surface area (TPSA) is 56.0 Å². The van der Waals surface area contributed by atoms with Gasteiger partial charge in [0.1, 0.15) is 12.5 Å². The van der Waals surface area contributed by atoms with Gasteiger partial charge in [-0.05, 0) is 41.7 Å². The van der Waals surface area contributed by atoms with Gasteiger partial charge in [-0.1, -0.05) is 35.9 Å². The third-order valence-corrected chi connectivity index (χ3v) is 3.86. The van der Waals surface area contributed by atoms with E-state index in [2.05, 4.69) is 10.4 Å². The highest BCUT2D eigenvalue weighted by atomic mass is 35.5. The minimum absolute atomic E-state index is 0.163. The highest BCUT2D eigenvalue weighted by Gasteiger charge is 2.13. The monoisotopic (exact) mass is 347 g/mol. The third-order valence-electron chi connectivity index (χ3n) is 3.51. The first-order chi connectivity index (χ1) is 11.6. The van der Waals surface area contributed by atoms with E-state index in [9.17, 15) is 9.18 Å². The molecule has 0 bridgehead atoms. The van der Waals surface area contributed by atoms with Crippen LogP contribution in [0.15, 0.2) is 53.3 Å². The summed E-state index contributed by atoms with van der Waals surface area (Å²) in [7, 11) is 1.75. The van der Waals surface area contributed by atoms with Crippen LogP contribution in [0.2, 0.25) is 5.02 Å². The second kappa shape index (κ2) is 6.94. The van der Waals surface area contributed by atoms with Crippen LogP contribution in [0, 0.1) is 5.82 Å². The van der Waals surface area contributed by atoms with E-state index in [4.69, 9.17) is 11.6 Å². The summed E-state index contributed by atoms with van der Waals surface area (Å²) in [6.45, 7) is 0.409. The highest BCUT2D eigenvalue weighted by molar-refractivity contribution is 6.31. The van der Waals surface area contributed by atoms with Crippen molar-refractivity contribution in [3.8, 4) is 5.69 Å². The Morgan fingerprint density at radius 2 is 1.88 bits per heavy atom. The van der Waals surface area contributed by atoms with E-state index in [1.807, 2.05) is 18.2 Å². The molecule has 1 aromatic heterocycles. The molecule has 2 aromatic carbocycles. The van der Waals surface area contributed by atoms with Gasteiger partial charge < -0.3 is 0 Å². The molecule has 3 aromatic rings. The van der Waals surface area contributed by atoms with Crippen LogP contribution in [0.5, 0.6) is 0 Å². The van der Waals surface area contributed by atoms with Crippen LogP contribution in [0.4, 0.5) is 4.39 Å². The Bertz CT molecular complexity index is 873. The maximum absolute atomic E-state index is 13.8. The van der Waals surface area contributed by atoms with Crippen LogP contribution in [0.25, 0.3) is 5.69 Å². The van der Waals surface area contributed by atoms with Crippen molar-refractivity contribution in [2.75, 3.05) is 7.05 Å². The number of rotatable bonds is 5. The van der Waals surface area contributed by atoms with E-state index in [1.165, 1.54) is 15.4 Å². The molecule has 3 rings (SSSR count). The molecular formula is C16H15ClFN5O. The molecule has 0 fully saturated rings. The minimum atomic E-state index is -0.380. The summed E-state index contributed by atoms with van der Waals surface area (Å²) in [4.78, 5) is 14.1. The summed E-state index contributed by atoms with van der Waals surface area (Å²) in [6.07, 6.45) is 0. The second-order valence-corrected chi connectivity index (χ2v) is 5.77. The number of nitrogens with zero attached hydrogens (tertiary/aromatic N) is 5. The van der Waals surface area contributed by atoms with Crippen molar-refractivity contribution in [1.82, 2.24) is 24.7 Å². The van der Waals surface area contributed by atoms with Crippen LogP contribution in [0.1, 0.15) is 5.56 Å². The van der Waals surface area contributed by atoms with Gasteiger partial charge in [0, 0.05) is 17.1 Å².